The van der Waals surface area contributed by atoms with E-state index in [2.05, 4.69) is 16.1 Å². The minimum absolute atomic E-state index is 0.101. The quantitative estimate of drug-likeness (QED) is 0.611. The summed E-state index contributed by atoms with van der Waals surface area (Å²) in [7, 11) is 1.33. The van der Waals surface area contributed by atoms with Gasteiger partial charge in [-0.15, -0.1) is 0 Å². The molecule has 0 aliphatic heterocycles. The van der Waals surface area contributed by atoms with Gasteiger partial charge in [-0.1, -0.05) is 36.4 Å². The van der Waals surface area contributed by atoms with Gasteiger partial charge in [-0.25, -0.2) is 4.79 Å². The van der Waals surface area contributed by atoms with Crippen molar-refractivity contribution in [1.82, 2.24) is 5.32 Å². The Kier molecular flexibility index (Phi) is 6.80. The number of methoxy groups -OCH3 is 1. The highest BCUT2D eigenvalue weighted by molar-refractivity contribution is 5.89. The molecule has 0 radical (unpaired) electrons. The third-order valence-electron chi connectivity index (χ3n) is 4.44. The number of nitriles is 1. The fraction of sp³-hybridized carbons (Fsp3) is 0.125. The summed E-state index contributed by atoms with van der Waals surface area (Å²) >= 11 is 0. The summed E-state index contributed by atoms with van der Waals surface area (Å²) in [6, 6.07) is 23.6. The molecule has 3 aromatic rings. The monoisotopic (exact) mass is 400 g/mol. The molecule has 0 aromatic heterocycles. The van der Waals surface area contributed by atoms with Crippen molar-refractivity contribution in [1.29, 1.82) is 5.26 Å². The van der Waals surface area contributed by atoms with Crippen molar-refractivity contribution in [2.75, 3.05) is 13.7 Å². The van der Waals surface area contributed by atoms with E-state index >= 15 is 0 Å². The van der Waals surface area contributed by atoms with Gasteiger partial charge in [0, 0.05) is 6.54 Å². The molecule has 0 aliphatic carbocycles. The second-order valence-electron chi connectivity index (χ2n) is 6.47. The van der Waals surface area contributed by atoms with Gasteiger partial charge in [0.25, 0.3) is 5.91 Å². The van der Waals surface area contributed by atoms with Crippen LogP contribution in [0.5, 0.6) is 5.75 Å². The fourth-order valence-electron chi connectivity index (χ4n) is 2.76. The smallest absolute Gasteiger partial charge is 0.337 e. The first-order chi connectivity index (χ1) is 14.6. The molecule has 0 heterocycles. The van der Waals surface area contributed by atoms with Crippen LogP contribution in [0.15, 0.2) is 72.8 Å². The first-order valence-electron chi connectivity index (χ1n) is 9.26. The van der Waals surface area contributed by atoms with Crippen molar-refractivity contribution < 1.29 is 19.1 Å². The van der Waals surface area contributed by atoms with Crippen molar-refractivity contribution in [3.63, 3.8) is 0 Å². The second kappa shape index (κ2) is 9.89. The zero-order valence-electron chi connectivity index (χ0n) is 16.4. The maximum absolute atomic E-state index is 12.0. The van der Waals surface area contributed by atoms with Gasteiger partial charge in [0.1, 0.15) is 5.75 Å². The molecule has 3 aromatic carbocycles. The maximum atomic E-state index is 12.0. The summed E-state index contributed by atoms with van der Waals surface area (Å²) in [6.45, 7) is 0.234. The van der Waals surface area contributed by atoms with Crippen molar-refractivity contribution in [2.24, 2.45) is 0 Å². The summed E-state index contributed by atoms with van der Waals surface area (Å²) in [5.74, 6) is -0.0580. The number of hydrogen-bond acceptors (Lipinski definition) is 5. The molecule has 0 bridgehead atoms. The van der Waals surface area contributed by atoms with Crippen LogP contribution in [0, 0.1) is 11.3 Å². The molecule has 0 aliphatic rings. The van der Waals surface area contributed by atoms with Gasteiger partial charge in [0.15, 0.2) is 6.61 Å². The summed E-state index contributed by atoms with van der Waals surface area (Å²) < 4.78 is 10.2. The number of amides is 1. The van der Waals surface area contributed by atoms with E-state index in [0.29, 0.717) is 23.4 Å². The number of rotatable bonds is 7. The van der Waals surface area contributed by atoms with Gasteiger partial charge in [-0.05, 0) is 53.1 Å². The molecule has 0 saturated carbocycles. The Hall–Kier alpha value is -4.11. The molecular weight excluding hydrogens is 380 g/mol. The molecule has 3 rings (SSSR count). The Labute approximate surface area is 174 Å². The molecule has 0 unspecified atom stereocenters. The maximum Gasteiger partial charge on any atom is 0.337 e. The summed E-state index contributed by atoms with van der Waals surface area (Å²) in [6.07, 6.45) is 0. The van der Waals surface area contributed by atoms with Gasteiger partial charge >= 0.3 is 5.97 Å². The van der Waals surface area contributed by atoms with Crippen LogP contribution in [-0.2, 0) is 16.1 Å². The number of nitrogens with one attached hydrogen (secondary N) is 1. The Balaban J connectivity index is 1.47. The predicted octanol–water partition coefficient (Wildman–Crippen LogP) is 3.71. The average molecular weight is 400 g/mol. The molecule has 6 nitrogen and oxygen atoms in total. The number of ether oxygens (including phenoxy) is 2. The molecule has 0 saturated heterocycles. The van der Waals surface area contributed by atoms with Crippen LogP contribution in [0.25, 0.3) is 11.1 Å². The van der Waals surface area contributed by atoms with Crippen molar-refractivity contribution >= 4 is 11.9 Å². The minimum Gasteiger partial charge on any atom is -0.484 e. The fourth-order valence-corrected chi connectivity index (χ4v) is 2.76. The number of esters is 1. The molecule has 0 spiro atoms. The Morgan fingerprint density at radius 2 is 1.50 bits per heavy atom. The van der Waals surface area contributed by atoms with Crippen LogP contribution in [-0.4, -0.2) is 25.6 Å². The molecular formula is C24H20N2O4. The van der Waals surface area contributed by atoms with Crippen LogP contribution in [0.2, 0.25) is 0 Å². The molecule has 30 heavy (non-hydrogen) atoms. The Morgan fingerprint density at radius 3 is 2.07 bits per heavy atom. The van der Waals surface area contributed by atoms with Gasteiger partial charge in [0.05, 0.1) is 24.3 Å². The van der Waals surface area contributed by atoms with Gasteiger partial charge in [-0.2, -0.15) is 5.26 Å². The van der Waals surface area contributed by atoms with E-state index in [9.17, 15) is 9.59 Å². The summed E-state index contributed by atoms with van der Waals surface area (Å²) in [4.78, 5) is 23.4. The lowest BCUT2D eigenvalue weighted by Crippen LogP contribution is -2.28. The van der Waals surface area contributed by atoms with Crippen LogP contribution in [0.1, 0.15) is 21.5 Å². The van der Waals surface area contributed by atoms with E-state index in [4.69, 9.17) is 10.00 Å². The van der Waals surface area contributed by atoms with Crippen LogP contribution >= 0.6 is 0 Å². The standard InChI is InChI=1S/C24H20N2O4/c1-29-24(28)21-8-4-18(5-9-21)15-26-23(27)16-30-22-12-10-20(11-13-22)19-6-2-17(14-25)3-7-19/h2-13H,15-16H2,1H3,(H,26,27). The molecule has 0 atom stereocenters. The van der Waals surface area contributed by atoms with Crippen molar-refractivity contribution in [3.8, 4) is 22.9 Å². The van der Waals surface area contributed by atoms with E-state index < -0.39 is 5.97 Å². The third kappa shape index (κ3) is 5.46. The second-order valence-corrected chi connectivity index (χ2v) is 6.47. The highest BCUT2D eigenvalue weighted by atomic mass is 16.5. The highest BCUT2D eigenvalue weighted by Gasteiger charge is 2.06. The van der Waals surface area contributed by atoms with E-state index in [1.165, 1.54) is 7.11 Å². The van der Waals surface area contributed by atoms with Gasteiger partial charge in [-0.3, -0.25) is 4.79 Å². The van der Waals surface area contributed by atoms with E-state index in [1.54, 1.807) is 48.5 Å². The lowest BCUT2D eigenvalue weighted by atomic mass is 10.0. The minimum atomic E-state index is -0.399. The van der Waals surface area contributed by atoms with Gasteiger partial charge in [0.2, 0.25) is 0 Å². The van der Waals surface area contributed by atoms with Crippen LogP contribution < -0.4 is 10.1 Å². The number of benzene rings is 3. The number of nitrogens with zero attached hydrogens (tertiary/aromatic N) is 1. The number of carbonyl (C=O) groups is 2. The lowest BCUT2D eigenvalue weighted by Gasteiger charge is -2.09. The summed E-state index contributed by atoms with van der Waals surface area (Å²) in [5, 5.41) is 11.6. The van der Waals surface area contributed by atoms with Crippen molar-refractivity contribution in [2.45, 2.75) is 6.54 Å². The van der Waals surface area contributed by atoms with Crippen LogP contribution in [0.4, 0.5) is 0 Å². The van der Waals surface area contributed by atoms with E-state index in [0.717, 1.165) is 16.7 Å². The van der Waals surface area contributed by atoms with E-state index in [1.807, 2.05) is 24.3 Å². The first-order valence-corrected chi connectivity index (χ1v) is 9.26. The lowest BCUT2D eigenvalue weighted by molar-refractivity contribution is -0.123. The predicted molar refractivity (Wildman–Crippen MR) is 112 cm³/mol. The molecule has 1 amide bonds. The SMILES string of the molecule is COC(=O)c1ccc(CNC(=O)COc2ccc(-c3ccc(C#N)cc3)cc2)cc1. The summed E-state index contributed by atoms with van der Waals surface area (Å²) in [5.41, 5.74) is 3.93. The third-order valence-corrected chi connectivity index (χ3v) is 4.44. The van der Waals surface area contributed by atoms with Crippen LogP contribution in [0.3, 0.4) is 0 Å². The zero-order valence-corrected chi connectivity index (χ0v) is 16.4. The Bertz CT molecular complexity index is 1050. The topological polar surface area (TPSA) is 88.4 Å². The average Bonchev–Trinajstić information content (AvgIpc) is 2.81. The number of hydrogen-bond donors (Lipinski definition) is 1. The number of carbonyl (C=O) groups excluding carboxylic acids is 2. The molecule has 150 valence electrons. The largest absolute Gasteiger partial charge is 0.484 e. The normalized spacial score (nSPS) is 10.0. The van der Waals surface area contributed by atoms with E-state index in [-0.39, 0.29) is 12.5 Å². The zero-order chi connectivity index (χ0) is 21.3. The Morgan fingerprint density at radius 1 is 0.900 bits per heavy atom. The van der Waals surface area contributed by atoms with Gasteiger partial charge < -0.3 is 14.8 Å². The molecule has 1 N–H and O–H groups in total. The van der Waals surface area contributed by atoms with Crippen molar-refractivity contribution in [3.05, 3.63) is 89.5 Å². The highest BCUT2D eigenvalue weighted by Crippen LogP contribution is 2.22. The molecule has 6 heteroatoms. The first kappa shape index (κ1) is 20.6. The molecule has 0 fully saturated rings.